The Morgan fingerprint density at radius 2 is 1.67 bits per heavy atom. The highest BCUT2D eigenvalue weighted by Gasteiger charge is 2.33. The van der Waals surface area contributed by atoms with E-state index in [1.165, 1.54) is 0 Å². The molecular formula is C8H13N2O2. The van der Waals surface area contributed by atoms with Crippen LogP contribution >= 0.6 is 0 Å². The Labute approximate surface area is 71.3 Å². The molecule has 2 unspecified atom stereocenters. The first-order valence-electron chi connectivity index (χ1n) is 4.17. The summed E-state index contributed by atoms with van der Waals surface area (Å²) in [6.07, 6.45) is 3.19. The van der Waals surface area contributed by atoms with Gasteiger partial charge in [0.1, 0.15) is 0 Å². The lowest BCUT2D eigenvalue weighted by molar-refractivity contribution is -0.133. The molecular weight excluding hydrogens is 156 g/mol. The molecule has 1 saturated carbocycles. The maximum absolute atomic E-state index is 10.9. The summed E-state index contributed by atoms with van der Waals surface area (Å²) in [7, 11) is 0. The molecule has 0 aromatic carbocycles. The average Bonchev–Trinajstić information content (AvgIpc) is 2.04. The standard InChI is InChI=1S/C8H13N2O2/c9-7(11)5-3-1-2-4-6(5)8(10)12/h5-6,9H,1-4H2,(H2,10,12). The van der Waals surface area contributed by atoms with E-state index in [1.54, 1.807) is 0 Å². The van der Waals surface area contributed by atoms with Crippen LogP contribution in [0.1, 0.15) is 25.7 Å². The van der Waals surface area contributed by atoms with E-state index in [1.807, 2.05) is 0 Å². The number of nitrogens with one attached hydrogen (secondary N) is 1. The van der Waals surface area contributed by atoms with Crippen molar-refractivity contribution in [3.8, 4) is 0 Å². The molecule has 4 nitrogen and oxygen atoms in total. The second-order valence-corrected chi connectivity index (χ2v) is 3.26. The van der Waals surface area contributed by atoms with Gasteiger partial charge in [-0.15, -0.1) is 0 Å². The fourth-order valence-electron chi connectivity index (χ4n) is 1.79. The SMILES string of the molecule is [NH]C(=O)C1CCCCC1C(N)=O. The molecule has 2 atom stereocenters. The van der Waals surface area contributed by atoms with Crippen LogP contribution in [0.2, 0.25) is 0 Å². The van der Waals surface area contributed by atoms with Gasteiger partial charge in [0.25, 0.3) is 0 Å². The fraction of sp³-hybridized carbons (Fsp3) is 0.750. The molecule has 0 aliphatic heterocycles. The van der Waals surface area contributed by atoms with Crippen molar-refractivity contribution >= 4 is 11.8 Å². The van der Waals surface area contributed by atoms with Gasteiger partial charge >= 0.3 is 0 Å². The zero-order chi connectivity index (χ0) is 9.14. The van der Waals surface area contributed by atoms with Crippen LogP contribution in [0.5, 0.6) is 0 Å². The van der Waals surface area contributed by atoms with Crippen molar-refractivity contribution in [1.29, 1.82) is 0 Å². The Morgan fingerprint density at radius 3 is 2.00 bits per heavy atom. The third-order valence-electron chi connectivity index (χ3n) is 2.47. The first kappa shape index (κ1) is 9.03. The lowest BCUT2D eigenvalue weighted by Gasteiger charge is -2.25. The number of hydrogen-bond donors (Lipinski definition) is 1. The maximum Gasteiger partial charge on any atom is 0.242 e. The molecule has 4 heteroatoms. The van der Waals surface area contributed by atoms with E-state index >= 15 is 0 Å². The van der Waals surface area contributed by atoms with Crippen molar-refractivity contribution in [1.82, 2.24) is 5.73 Å². The van der Waals surface area contributed by atoms with Crippen molar-refractivity contribution < 1.29 is 9.59 Å². The Bertz CT molecular complexity index is 181. The molecule has 0 saturated heterocycles. The molecule has 0 spiro atoms. The molecule has 0 heterocycles. The average molecular weight is 169 g/mol. The summed E-state index contributed by atoms with van der Waals surface area (Å²) in [5.41, 5.74) is 12.1. The number of carbonyl (C=O) groups excluding carboxylic acids is 2. The minimum atomic E-state index is -0.640. The summed E-state index contributed by atoms with van der Waals surface area (Å²) in [4.78, 5) is 21.6. The van der Waals surface area contributed by atoms with E-state index in [0.717, 1.165) is 12.8 Å². The first-order valence-corrected chi connectivity index (χ1v) is 4.17. The van der Waals surface area contributed by atoms with Gasteiger partial charge in [0.15, 0.2) is 0 Å². The third-order valence-corrected chi connectivity index (χ3v) is 2.47. The summed E-state index contributed by atoms with van der Waals surface area (Å²) in [6.45, 7) is 0. The van der Waals surface area contributed by atoms with Gasteiger partial charge in [-0.3, -0.25) is 15.3 Å². The zero-order valence-corrected chi connectivity index (χ0v) is 6.88. The maximum atomic E-state index is 10.9. The molecule has 67 valence electrons. The molecule has 0 bridgehead atoms. The van der Waals surface area contributed by atoms with Crippen LogP contribution in [0.3, 0.4) is 0 Å². The van der Waals surface area contributed by atoms with Crippen LogP contribution in [0.25, 0.3) is 0 Å². The Hall–Kier alpha value is -1.06. The molecule has 1 rings (SSSR count). The highest BCUT2D eigenvalue weighted by atomic mass is 16.2. The van der Waals surface area contributed by atoms with Crippen molar-refractivity contribution in [2.75, 3.05) is 0 Å². The van der Waals surface area contributed by atoms with E-state index in [9.17, 15) is 9.59 Å². The summed E-state index contributed by atoms with van der Waals surface area (Å²) < 4.78 is 0. The second kappa shape index (κ2) is 3.56. The molecule has 1 aliphatic carbocycles. The lowest BCUT2D eigenvalue weighted by atomic mass is 9.78. The summed E-state index contributed by atoms with van der Waals surface area (Å²) >= 11 is 0. The van der Waals surface area contributed by atoms with Gasteiger partial charge in [0.05, 0.1) is 5.92 Å². The van der Waals surface area contributed by atoms with Crippen LogP contribution in [-0.4, -0.2) is 11.8 Å². The number of nitrogens with two attached hydrogens (primary N) is 1. The van der Waals surface area contributed by atoms with Crippen LogP contribution in [0.15, 0.2) is 0 Å². The third kappa shape index (κ3) is 1.75. The Morgan fingerprint density at radius 1 is 1.17 bits per heavy atom. The first-order chi connectivity index (χ1) is 5.63. The molecule has 1 fully saturated rings. The Balaban J connectivity index is 2.67. The molecule has 12 heavy (non-hydrogen) atoms. The zero-order valence-electron chi connectivity index (χ0n) is 6.88. The molecule has 1 aliphatic rings. The normalized spacial score (nSPS) is 29.7. The van der Waals surface area contributed by atoms with Crippen molar-refractivity contribution in [2.24, 2.45) is 17.6 Å². The van der Waals surface area contributed by atoms with Crippen molar-refractivity contribution in [3.63, 3.8) is 0 Å². The number of primary amides is 1. The highest BCUT2D eigenvalue weighted by Crippen LogP contribution is 2.29. The molecule has 0 aromatic heterocycles. The van der Waals surface area contributed by atoms with Gasteiger partial charge in [0.2, 0.25) is 11.8 Å². The molecule has 3 N–H and O–H groups in total. The minimum Gasteiger partial charge on any atom is -0.369 e. The second-order valence-electron chi connectivity index (χ2n) is 3.26. The predicted molar refractivity (Wildman–Crippen MR) is 42.7 cm³/mol. The molecule has 0 aromatic rings. The van der Waals surface area contributed by atoms with Gasteiger partial charge in [-0.05, 0) is 12.8 Å². The predicted octanol–water partition coefficient (Wildman–Crippen LogP) is 0.0876. The van der Waals surface area contributed by atoms with Crippen molar-refractivity contribution in [3.05, 3.63) is 0 Å². The quantitative estimate of drug-likeness (QED) is 0.635. The topological polar surface area (TPSA) is 84.0 Å². The van der Waals surface area contributed by atoms with Gasteiger partial charge in [-0.25, -0.2) is 0 Å². The van der Waals surface area contributed by atoms with Gasteiger partial charge in [-0.2, -0.15) is 0 Å². The van der Waals surface area contributed by atoms with Crippen LogP contribution in [-0.2, 0) is 9.59 Å². The molecule has 1 radical (unpaired) electrons. The van der Waals surface area contributed by atoms with E-state index in [4.69, 9.17) is 11.5 Å². The largest absolute Gasteiger partial charge is 0.369 e. The van der Waals surface area contributed by atoms with E-state index in [2.05, 4.69) is 0 Å². The number of rotatable bonds is 2. The number of carbonyl (C=O) groups is 2. The van der Waals surface area contributed by atoms with Crippen molar-refractivity contribution in [2.45, 2.75) is 25.7 Å². The number of amides is 2. The van der Waals surface area contributed by atoms with Gasteiger partial charge in [0, 0.05) is 5.92 Å². The summed E-state index contributed by atoms with van der Waals surface area (Å²) in [6, 6.07) is 0. The summed E-state index contributed by atoms with van der Waals surface area (Å²) in [5.74, 6) is -1.89. The van der Waals surface area contributed by atoms with Gasteiger partial charge in [-0.1, -0.05) is 12.8 Å². The van der Waals surface area contributed by atoms with Gasteiger partial charge < -0.3 is 5.73 Å². The smallest absolute Gasteiger partial charge is 0.242 e. The van der Waals surface area contributed by atoms with Crippen LogP contribution in [0.4, 0.5) is 0 Å². The highest BCUT2D eigenvalue weighted by molar-refractivity contribution is 5.85. The lowest BCUT2D eigenvalue weighted by Crippen LogP contribution is -2.36. The monoisotopic (exact) mass is 169 g/mol. The van der Waals surface area contributed by atoms with E-state index in [-0.39, 0.29) is 5.92 Å². The summed E-state index contributed by atoms with van der Waals surface area (Å²) in [5, 5.41) is 0. The Kier molecular flexibility index (Phi) is 2.68. The fourth-order valence-corrected chi connectivity index (χ4v) is 1.79. The van der Waals surface area contributed by atoms with Crippen LogP contribution in [0, 0.1) is 11.8 Å². The minimum absolute atomic E-state index is 0.385. The molecule has 2 amide bonds. The number of hydrogen-bond acceptors (Lipinski definition) is 2. The van der Waals surface area contributed by atoms with E-state index in [0.29, 0.717) is 12.8 Å². The van der Waals surface area contributed by atoms with Crippen LogP contribution < -0.4 is 11.5 Å². The van der Waals surface area contributed by atoms with E-state index < -0.39 is 17.7 Å².